The Hall–Kier alpha value is -2.61. The molecule has 1 saturated carbocycles. The summed E-state index contributed by atoms with van der Waals surface area (Å²) in [5.74, 6) is 0.110. The van der Waals surface area contributed by atoms with E-state index in [4.69, 9.17) is 4.74 Å². The van der Waals surface area contributed by atoms with E-state index in [1.165, 1.54) is 31.3 Å². The Balaban J connectivity index is 1.73. The van der Waals surface area contributed by atoms with Gasteiger partial charge in [-0.3, -0.25) is 4.79 Å². The zero-order chi connectivity index (χ0) is 17.4. The van der Waals surface area contributed by atoms with Crippen molar-refractivity contribution in [2.75, 3.05) is 12.4 Å². The van der Waals surface area contributed by atoms with Crippen molar-refractivity contribution in [1.82, 2.24) is 15.0 Å². The monoisotopic (exact) mass is 358 g/mol. The molecule has 0 saturated heterocycles. The summed E-state index contributed by atoms with van der Waals surface area (Å²) in [5.41, 5.74) is 1.80. The second kappa shape index (κ2) is 6.36. The van der Waals surface area contributed by atoms with Gasteiger partial charge in [-0.25, -0.2) is 9.78 Å². The molecule has 0 amide bonds. The molecule has 0 aromatic carbocycles. The van der Waals surface area contributed by atoms with Crippen LogP contribution in [-0.4, -0.2) is 34.1 Å². The Morgan fingerprint density at radius 2 is 2.20 bits per heavy atom. The van der Waals surface area contributed by atoms with Crippen LogP contribution in [0.15, 0.2) is 23.1 Å². The number of carbonyl (C=O) groups excluding carboxylic acids is 1. The third-order valence-corrected chi connectivity index (χ3v) is 5.49. The van der Waals surface area contributed by atoms with E-state index in [-0.39, 0.29) is 11.5 Å². The van der Waals surface area contributed by atoms with Crippen LogP contribution in [0.1, 0.15) is 35.4 Å². The molecule has 0 atom stereocenters. The van der Waals surface area contributed by atoms with Crippen molar-refractivity contribution < 1.29 is 9.53 Å². The zero-order valence-electron chi connectivity index (χ0n) is 13.7. The Morgan fingerprint density at radius 3 is 2.92 bits per heavy atom. The van der Waals surface area contributed by atoms with Crippen LogP contribution >= 0.6 is 11.3 Å². The number of esters is 1. The Morgan fingerprint density at radius 1 is 1.40 bits per heavy atom. The molecule has 1 fully saturated rings. The number of rotatable bonds is 4. The molecule has 0 spiro atoms. The number of hydrogen-bond acceptors (Lipinski definition) is 6. The fourth-order valence-corrected chi connectivity index (χ4v) is 4.16. The summed E-state index contributed by atoms with van der Waals surface area (Å²) < 4.78 is 4.73. The standard InChI is InChI=1S/C17H18N4O3S/c1-24-17(23)12-8-11-16(25-12)21-14(20-11)13-10(6-7-18-15(13)22)19-9-4-2-3-5-9/h6-9H,2-5H2,1H3,(H,20,21)(H2,18,19,22). The number of ether oxygens (including phenoxy) is 1. The maximum absolute atomic E-state index is 12.4. The van der Waals surface area contributed by atoms with Gasteiger partial charge in [-0.15, -0.1) is 11.3 Å². The maximum atomic E-state index is 12.4. The SMILES string of the molecule is COC(=O)c1cc2[nH]c(-c3c(NC4CCCC4)cc[nH]c3=O)nc2s1. The molecule has 0 aliphatic heterocycles. The molecule has 0 unspecified atom stereocenters. The number of anilines is 1. The number of nitrogens with one attached hydrogen (secondary N) is 3. The smallest absolute Gasteiger partial charge is 0.348 e. The third kappa shape index (κ3) is 2.93. The van der Waals surface area contributed by atoms with E-state index >= 15 is 0 Å². The van der Waals surface area contributed by atoms with Crippen LogP contribution < -0.4 is 10.9 Å². The average molecular weight is 358 g/mol. The van der Waals surface area contributed by atoms with Crippen molar-refractivity contribution in [2.45, 2.75) is 31.7 Å². The van der Waals surface area contributed by atoms with Gasteiger partial charge in [-0.1, -0.05) is 12.8 Å². The summed E-state index contributed by atoms with van der Waals surface area (Å²) in [6, 6.07) is 3.96. The van der Waals surface area contributed by atoms with E-state index in [0.29, 0.717) is 27.1 Å². The van der Waals surface area contributed by atoms with Crippen molar-refractivity contribution in [2.24, 2.45) is 0 Å². The van der Waals surface area contributed by atoms with Crippen molar-refractivity contribution in [3.05, 3.63) is 33.6 Å². The number of aromatic amines is 2. The Bertz CT molecular complexity index is 950. The largest absolute Gasteiger partial charge is 0.465 e. The first-order valence-corrected chi connectivity index (χ1v) is 9.04. The number of methoxy groups -OCH3 is 1. The number of imidazole rings is 1. The second-order valence-electron chi connectivity index (χ2n) is 6.13. The number of carbonyl (C=O) groups is 1. The first kappa shape index (κ1) is 15.9. The van der Waals surface area contributed by atoms with Crippen molar-refractivity contribution in [3.63, 3.8) is 0 Å². The highest BCUT2D eigenvalue weighted by Gasteiger charge is 2.21. The summed E-state index contributed by atoms with van der Waals surface area (Å²) >= 11 is 1.24. The number of pyridine rings is 1. The predicted molar refractivity (Wildman–Crippen MR) is 97.2 cm³/mol. The van der Waals surface area contributed by atoms with Crippen LogP contribution in [0.4, 0.5) is 5.69 Å². The highest BCUT2D eigenvalue weighted by molar-refractivity contribution is 7.20. The van der Waals surface area contributed by atoms with Crippen LogP contribution in [0.5, 0.6) is 0 Å². The molecule has 3 heterocycles. The Labute approximate surface area is 147 Å². The topological polar surface area (TPSA) is 99.9 Å². The molecule has 25 heavy (non-hydrogen) atoms. The molecule has 3 N–H and O–H groups in total. The summed E-state index contributed by atoms with van der Waals surface area (Å²) in [4.78, 5) is 35.6. The Kier molecular flexibility index (Phi) is 4.04. The fraction of sp³-hybridized carbons (Fsp3) is 0.353. The normalized spacial score (nSPS) is 14.9. The number of nitrogens with zero attached hydrogens (tertiary/aromatic N) is 1. The van der Waals surface area contributed by atoms with Gasteiger partial charge in [0.05, 0.1) is 18.3 Å². The van der Waals surface area contributed by atoms with Crippen molar-refractivity contribution in [3.8, 4) is 11.4 Å². The van der Waals surface area contributed by atoms with Gasteiger partial charge in [0, 0.05) is 12.2 Å². The summed E-state index contributed by atoms with van der Waals surface area (Å²) in [6.45, 7) is 0. The number of H-pyrrole nitrogens is 2. The number of aromatic nitrogens is 3. The highest BCUT2D eigenvalue weighted by Crippen LogP contribution is 2.31. The van der Waals surface area contributed by atoms with E-state index in [1.54, 1.807) is 12.3 Å². The summed E-state index contributed by atoms with van der Waals surface area (Å²) in [5, 5.41) is 3.47. The van der Waals surface area contributed by atoms with Gasteiger partial charge < -0.3 is 20.0 Å². The van der Waals surface area contributed by atoms with E-state index in [2.05, 4.69) is 20.3 Å². The van der Waals surface area contributed by atoms with Gasteiger partial charge in [0.25, 0.3) is 5.56 Å². The molecule has 4 rings (SSSR count). The van der Waals surface area contributed by atoms with E-state index in [0.717, 1.165) is 24.0 Å². The minimum absolute atomic E-state index is 0.197. The quantitative estimate of drug-likeness (QED) is 0.622. The molecule has 3 aromatic heterocycles. The van der Waals surface area contributed by atoms with E-state index in [1.807, 2.05) is 6.07 Å². The van der Waals surface area contributed by atoms with Crippen LogP contribution in [0, 0.1) is 0 Å². The first-order valence-electron chi connectivity index (χ1n) is 8.22. The highest BCUT2D eigenvalue weighted by atomic mass is 32.1. The molecule has 8 heteroatoms. The van der Waals surface area contributed by atoms with E-state index < -0.39 is 0 Å². The van der Waals surface area contributed by atoms with Gasteiger partial charge in [-0.05, 0) is 25.0 Å². The molecule has 1 aliphatic rings. The lowest BCUT2D eigenvalue weighted by atomic mass is 10.1. The average Bonchev–Trinajstić information content (AvgIpc) is 3.30. The fourth-order valence-electron chi connectivity index (χ4n) is 3.25. The molecular formula is C17H18N4O3S. The van der Waals surface area contributed by atoms with Crippen LogP contribution in [0.3, 0.4) is 0 Å². The minimum atomic E-state index is -0.390. The molecule has 7 nitrogen and oxygen atoms in total. The molecule has 0 radical (unpaired) electrons. The minimum Gasteiger partial charge on any atom is -0.465 e. The molecule has 0 bridgehead atoms. The summed E-state index contributed by atoms with van der Waals surface area (Å²) in [7, 11) is 1.35. The molecule has 3 aromatic rings. The van der Waals surface area contributed by atoms with Crippen LogP contribution in [0.25, 0.3) is 21.7 Å². The van der Waals surface area contributed by atoms with Crippen molar-refractivity contribution in [1.29, 1.82) is 0 Å². The maximum Gasteiger partial charge on any atom is 0.348 e. The lowest BCUT2D eigenvalue weighted by Gasteiger charge is -2.15. The van der Waals surface area contributed by atoms with Crippen LogP contribution in [-0.2, 0) is 4.74 Å². The predicted octanol–water partition coefficient (Wildman–Crippen LogP) is 3.12. The zero-order valence-corrected chi connectivity index (χ0v) is 14.5. The molecular weight excluding hydrogens is 340 g/mol. The lowest BCUT2D eigenvalue weighted by molar-refractivity contribution is 0.0606. The third-order valence-electron chi connectivity index (χ3n) is 4.48. The molecule has 1 aliphatic carbocycles. The van der Waals surface area contributed by atoms with Gasteiger partial charge in [-0.2, -0.15) is 0 Å². The lowest BCUT2D eigenvalue weighted by Crippen LogP contribution is -2.19. The van der Waals surface area contributed by atoms with Crippen LogP contribution in [0.2, 0.25) is 0 Å². The summed E-state index contributed by atoms with van der Waals surface area (Å²) in [6.07, 6.45) is 6.29. The van der Waals surface area contributed by atoms with E-state index in [9.17, 15) is 9.59 Å². The van der Waals surface area contributed by atoms with Gasteiger partial charge in [0.1, 0.15) is 21.1 Å². The van der Waals surface area contributed by atoms with Gasteiger partial charge >= 0.3 is 5.97 Å². The molecule has 130 valence electrons. The number of hydrogen-bond donors (Lipinski definition) is 3. The van der Waals surface area contributed by atoms with Gasteiger partial charge in [0.2, 0.25) is 0 Å². The first-order chi connectivity index (χ1) is 12.2. The second-order valence-corrected chi connectivity index (χ2v) is 7.16. The van der Waals surface area contributed by atoms with Crippen molar-refractivity contribution >= 4 is 33.3 Å². The number of thiophene rings is 1. The number of fused-ring (bicyclic) bond motifs is 1. The van der Waals surface area contributed by atoms with Gasteiger partial charge in [0.15, 0.2) is 0 Å².